The smallest absolute Gasteiger partial charge is 0.337 e. The van der Waals surface area contributed by atoms with Gasteiger partial charge in [-0.3, -0.25) is 4.79 Å². The normalized spacial score (nSPS) is 19.2. The summed E-state index contributed by atoms with van der Waals surface area (Å²) in [6.07, 6.45) is 1.02. The molecule has 0 saturated heterocycles. The number of hydrogen-bond acceptors (Lipinski definition) is 5. The van der Waals surface area contributed by atoms with E-state index in [2.05, 4.69) is 17.4 Å². The number of para-hydroxylation sites is 1. The highest BCUT2D eigenvalue weighted by molar-refractivity contribution is 6.04. The third-order valence-electron chi connectivity index (χ3n) is 7.12. The van der Waals surface area contributed by atoms with Crippen LogP contribution >= 0.6 is 0 Å². The summed E-state index contributed by atoms with van der Waals surface area (Å²) in [6, 6.07) is 27.4. The average molecular weight is 508 g/mol. The summed E-state index contributed by atoms with van der Waals surface area (Å²) in [6.45, 7) is 5.98. The standard InChI is InChI=1S/C33H33NO4/c1-21(2)38-29-17-11-10-16-26(29)31-30(33(36)37-20-23-12-6-4-7-13-23)22(3)34-27-18-25(19-28(35)32(27)31)24-14-8-5-9-15-24/h4-17,21,25,31,34H,18-20H2,1-3H3/t25-,31+/m0/s1. The Morgan fingerprint density at radius 3 is 2.29 bits per heavy atom. The first kappa shape index (κ1) is 25.5. The predicted molar refractivity (Wildman–Crippen MR) is 147 cm³/mol. The van der Waals surface area contributed by atoms with Gasteiger partial charge in [0.2, 0.25) is 0 Å². The first-order chi connectivity index (χ1) is 18.4. The number of hydrogen-bond donors (Lipinski definition) is 1. The van der Waals surface area contributed by atoms with E-state index >= 15 is 0 Å². The molecule has 5 rings (SSSR count). The lowest BCUT2D eigenvalue weighted by Crippen LogP contribution is -2.36. The monoisotopic (exact) mass is 507 g/mol. The molecule has 194 valence electrons. The van der Waals surface area contributed by atoms with Crippen LogP contribution in [-0.4, -0.2) is 17.9 Å². The van der Waals surface area contributed by atoms with Gasteiger partial charge >= 0.3 is 5.97 Å². The van der Waals surface area contributed by atoms with Crippen molar-refractivity contribution in [1.82, 2.24) is 5.32 Å². The van der Waals surface area contributed by atoms with Crippen LogP contribution in [0.2, 0.25) is 0 Å². The zero-order valence-electron chi connectivity index (χ0n) is 22.1. The van der Waals surface area contributed by atoms with Gasteiger partial charge in [0.15, 0.2) is 5.78 Å². The fourth-order valence-corrected chi connectivity index (χ4v) is 5.46. The quantitative estimate of drug-likeness (QED) is 0.366. The topological polar surface area (TPSA) is 64.6 Å². The van der Waals surface area contributed by atoms with Gasteiger partial charge in [0.25, 0.3) is 0 Å². The molecule has 0 aromatic heterocycles. The van der Waals surface area contributed by atoms with Gasteiger partial charge in [-0.1, -0.05) is 78.9 Å². The molecule has 0 saturated carbocycles. The molecule has 0 unspecified atom stereocenters. The molecule has 0 radical (unpaired) electrons. The summed E-state index contributed by atoms with van der Waals surface area (Å²) in [7, 11) is 0. The van der Waals surface area contributed by atoms with Crippen LogP contribution in [0.15, 0.2) is 107 Å². The van der Waals surface area contributed by atoms with E-state index in [9.17, 15) is 9.59 Å². The number of allylic oxidation sites excluding steroid dienone is 3. The van der Waals surface area contributed by atoms with E-state index < -0.39 is 11.9 Å². The van der Waals surface area contributed by atoms with Crippen molar-refractivity contribution in [1.29, 1.82) is 0 Å². The largest absolute Gasteiger partial charge is 0.491 e. The fourth-order valence-electron chi connectivity index (χ4n) is 5.46. The average Bonchev–Trinajstić information content (AvgIpc) is 2.92. The molecular formula is C33H33NO4. The number of ether oxygens (including phenoxy) is 2. The van der Waals surface area contributed by atoms with Crippen molar-refractivity contribution in [2.75, 3.05) is 0 Å². The van der Waals surface area contributed by atoms with E-state index in [0.717, 1.165) is 22.4 Å². The van der Waals surface area contributed by atoms with Crippen molar-refractivity contribution < 1.29 is 19.1 Å². The number of carbonyl (C=O) groups excluding carboxylic acids is 2. The number of esters is 1. The third kappa shape index (κ3) is 5.28. The van der Waals surface area contributed by atoms with Crippen LogP contribution in [0.4, 0.5) is 0 Å². The lowest BCUT2D eigenvalue weighted by Gasteiger charge is -2.37. The molecule has 0 bridgehead atoms. The van der Waals surface area contributed by atoms with Gasteiger partial charge in [0.1, 0.15) is 12.4 Å². The minimum Gasteiger partial charge on any atom is -0.491 e. The van der Waals surface area contributed by atoms with E-state index in [1.54, 1.807) is 0 Å². The van der Waals surface area contributed by atoms with E-state index in [4.69, 9.17) is 9.47 Å². The number of carbonyl (C=O) groups is 2. The van der Waals surface area contributed by atoms with Crippen LogP contribution < -0.4 is 10.1 Å². The van der Waals surface area contributed by atoms with Gasteiger partial charge in [-0.15, -0.1) is 0 Å². The number of benzene rings is 3. The Morgan fingerprint density at radius 1 is 0.921 bits per heavy atom. The number of Topliss-reactive ketones (excluding diaryl/α,β-unsaturated/α-hetero) is 1. The molecule has 1 aliphatic carbocycles. The molecule has 2 atom stereocenters. The van der Waals surface area contributed by atoms with Gasteiger partial charge in [-0.05, 0) is 50.3 Å². The fraction of sp³-hybridized carbons (Fsp3) is 0.273. The minimum atomic E-state index is -0.575. The molecular weight excluding hydrogens is 474 g/mol. The number of dihydropyridines is 1. The second kappa shape index (κ2) is 11.1. The summed E-state index contributed by atoms with van der Waals surface area (Å²) in [5.41, 5.74) is 5.50. The van der Waals surface area contributed by atoms with Crippen LogP contribution in [0.1, 0.15) is 62.1 Å². The van der Waals surface area contributed by atoms with Gasteiger partial charge in [0.05, 0.1) is 17.6 Å². The van der Waals surface area contributed by atoms with Crippen LogP contribution in [0, 0.1) is 0 Å². The highest BCUT2D eigenvalue weighted by Crippen LogP contribution is 2.47. The maximum atomic E-state index is 13.9. The summed E-state index contributed by atoms with van der Waals surface area (Å²) in [5, 5.41) is 3.43. The van der Waals surface area contributed by atoms with Crippen LogP contribution in [0.25, 0.3) is 0 Å². The Hall–Kier alpha value is -4.12. The Bertz CT molecular complexity index is 1390. The van der Waals surface area contributed by atoms with Crippen molar-refractivity contribution in [3.8, 4) is 5.75 Å². The maximum absolute atomic E-state index is 13.9. The molecule has 38 heavy (non-hydrogen) atoms. The molecule has 3 aromatic carbocycles. The first-order valence-electron chi connectivity index (χ1n) is 13.2. The summed E-state index contributed by atoms with van der Waals surface area (Å²) >= 11 is 0. The Balaban J connectivity index is 1.56. The Morgan fingerprint density at radius 2 is 1.58 bits per heavy atom. The zero-order chi connectivity index (χ0) is 26.6. The zero-order valence-corrected chi connectivity index (χ0v) is 22.1. The molecule has 0 fully saturated rings. The molecule has 1 aliphatic heterocycles. The van der Waals surface area contributed by atoms with E-state index in [0.29, 0.717) is 35.4 Å². The molecule has 0 amide bonds. The lowest BCUT2D eigenvalue weighted by molar-refractivity contribution is -0.140. The molecule has 3 aromatic rings. The second-order valence-electron chi connectivity index (χ2n) is 10.2. The van der Waals surface area contributed by atoms with E-state index in [1.807, 2.05) is 93.6 Å². The van der Waals surface area contributed by atoms with Crippen LogP contribution in [0.5, 0.6) is 5.75 Å². The van der Waals surface area contributed by atoms with Crippen molar-refractivity contribution in [3.05, 3.63) is 124 Å². The first-order valence-corrected chi connectivity index (χ1v) is 13.2. The van der Waals surface area contributed by atoms with Gasteiger partial charge in [0, 0.05) is 29.0 Å². The highest BCUT2D eigenvalue weighted by Gasteiger charge is 2.42. The van der Waals surface area contributed by atoms with Gasteiger partial charge in [-0.25, -0.2) is 4.79 Å². The van der Waals surface area contributed by atoms with Crippen LogP contribution in [-0.2, 0) is 20.9 Å². The van der Waals surface area contributed by atoms with E-state index in [-0.39, 0.29) is 24.4 Å². The highest BCUT2D eigenvalue weighted by atomic mass is 16.5. The van der Waals surface area contributed by atoms with Crippen molar-refractivity contribution in [3.63, 3.8) is 0 Å². The van der Waals surface area contributed by atoms with Gasteiger partial charge in [-0.2, -0.15) is 0 Å². The summed E-state index contributed by atoms with van der Waals surface area (Å²) < 4.78 is 12.0. The van der Waals surface area contributed by atoms with Crippen molar-refractivity contribution >= 4 is 11.8 Å². The minimum absolute atomic E-state index is 0.0396. The van der Waals surface area contributed by atoms with Crippen molar-refractivity contribution in [2.45, 2.75) is 58.2 Å². The number of rotatable bonds is 7. The van der Waals surface area contributed by atoms with Crippen molar-refractivity contribution in [2.24, 2.45) is 0 Å². The predicted octanol–water partition coefficient (Wildman–Crippen LogP) is 6.58. The maximum Gasteiger partial charge on any atom is 0.337 e. The van der Waals surface area contributed by atoms with Gasteiger partial charge < -0.3 is 14.8 Å². The second-order valence-corrected chi connectivity index (χ2v) is 10.2. The molecule has 1 heterocycles. The molecule has 0 spiro atoms. The number of ketones is 1. The summed E-state index contributed by atoms with van der Waals surface area (Å²) in [4.78, 5) is 27.5. The third-order valence-corrected chi connectivity index (χ3v) is 7.12. The SMILES string of the molecule is CC1=C(C(=O)OCc2ccccc2)[C@@H](c2ccccc2OC(C)C)C2=C(C[C@H](c3ccccc3)CC2=O)N1. The number of nitrogens with one attached hydrogen (secondary N) is 1. The van der Waals surface area contributed by atoms with E-state index in [1.165, 1.54) is 0 Å². The summed E-state index contributed by atoms with van der Waals surface area (Å²) in [5.74, 6) is -0.225. The molecule has 2 aliphatic rings. The lowest BCUT2D eigenvalue weighted by atomic mass is 9.71. The Kier molecular flexibility index (Phi) is 7.45. The molecule has 5 nitrogen and oxygen atoms in total. The molecule has 5 heteroatoms. The molecule has 1 N–H and O–H groups in total. The Labute approximate surface area is 224 Å². The van der Waals surface area contributed by atoms with Crippen LogP contribution in [0.3, 0.4) is 0 Å².